The second kappa shape index (κ2) is 14.8. The molecule has 12 rings (SSSR count). The van der Waals surface area contributed by atoms with Crippen molar-refractivity contribution in [1.29, 1.82) is 0 Å². The van der Waals surface area contributed by atoms with Gasteiger partial charge in [-0.3, -0.25) is 0 Å². The van der Waals surface area contributed by atoms with Gasteiger partial charge in [-0.1, -0.05) is 164 Å². The standard InChI is InChI=1S/C57H39N5/c1-4-15-40(16-5-1)55-58-56(41-17-6-2-7-18-41)60-57(59-55)42-29-27-39(28-30-42)46-23-14-26-52-54(46)49-22-11-13-25-51(49)61(52)45-34-31-38(32-35-45)43-33-36-48-47-21-10-12-24-50(47)62(53(48)37-43)44-19-8-3-9-20-44/h1,3-6,8-37H,2,7H2. The SMILES string of the molecule is C1=CC(c2nc(-c3ccccc3)nc(-c3ccc(-c4cccc5c4c4ccccc4n5-c4ccc(-c5ccc6c7ccccc7n(-c7ccccc7)c6c5)cc4)cc3)n2)=CCC1. The minimum absolute atomic E-state index is 0.664. The fraction of sp³-hybridized carbons (Fsp3) is 0.0351. The maximum absolute atomic E-state index is 5.00. The molecule has 0 bridgehead atoms. The summed E-state index contributed by atoms with van der Waals surface area (Å²) in [7, 11) is 0. The van der Waals surface area contributed by atoms with E-state index in [0.717, 1.165) is 52.0 Å². The van der Waals surface area contributed by atoms with Crippen LogP contribution in [0.4, 0.5) is 0 Å². The summed E-state index contributed by atoms with van der Waals surface area (Å²) in [5.74, 6) is 2.04. The highest BCUT2D eigenvalue weighted by atomic mass is 15.0. The molecule has 0 radical (unpaired) electrons. The molecule has 0 fully saturated rings. The number of hydrogen-bond acceptors (Lipinski definition) is 3. The van der Waals surface area contributed by atoms with E-state index in [1.807, 2.05) is 18.2 Å². The topological polar surface area (TPSA) is 48.5 Å². The number of fused-ring (bicyclic) bond motifs is 6. The van der Waals surface area contributed by atoms with E-state index in [1.165, 1.54) is 54.8 Å². The summed E-state index contributed by atoms with van der Waals surface area (Å²) in [5, 5.41) is 4.95. The molecule has 3 aromatic heterocycles. The first-order valence-corrected chi connectivity index (χ1v) is 21.3. The van der Waals surface area contributed by atoms with Crippen LogP contribution in [0.2, 0.25) is 0 Å². The Kier molecular flexibility index (Phi) is 8.56. The third kappa shape index (κ3) is 6.05. The van der Waals surface area contributed by atoms with E-state index < -0.39 is 0 Å². The zero-order chi connectivity index (χ0) is 41.0. The first kappa shape index (κ1) is 35.8. The average molecular weight is 794 g/mol. The van der Waals surface area contributed by atoms with E-state index in [-0.39, 0.29) is 0 Å². The molecule has 8 aromatic carbocycles. The van der Waals surface area contributed by atoms with Crippen LogP contribution in [0.1, 0.15) is 18.7 Å². The van der Waals surface area contributed by atoms with Crippen LogP contribution < -0.4 is 0 Å². The van der Waals surface area contributed by atoms with Gasteiger partial charge < -0.3 is 9.13 Å². The molecule has 0 spiro atoms. The molecule has 0 unspecified atom stereocenters. The molecule has 0 saturated heterocycles. The predicted octanol–water partition coefficient (Wildman–Crippen LogP) is 14.5. The molecule has 1 aliphatic rings. The van der Waals surface area contributed by atoms with Crippen molar-refractivity contribution in [3.05, 3.63) is 218 Å². The van der Waals surface area contributed by atoms with Gasteiger partial charge in [-0.25, -0.2) is 15.0 Å². The van der Waals surface area contributed by atoms with E-state index >= 15 is 0 Å². The lowest BCUT2D eigenvalue weighted by Crippen LogP contribution is -2.03. The van der Waals surface area contributed by atoms with Crippen molar-refractivity contribution in [2.24, 2.45) is 0 Å². The summed E-state index contributed by atoms with van der Waals surface area (Å²) < 4.78 is 4.78. The molecular weight excluding hydrogens is 755 g/mol. The van der Waals surface area contributed by atoms with Gasteiger partial charge in [0, 0.05) is 49.6 Å². The zero-order valence-electron chi connectivity index (χ0n) is 33.9. The number of para-hydroxylation sites is 3. The number of hydrogen-bond donors (Lipinski definition) is 0. The van der Waals surface area contributed by atoms with Gasteiger partial charge in [-0.2, -0.15) is 0 Å². The summed E-state index contributed by atoms with van der Waals surface area (Å²) in [6, 6.07) is 69.5. The van der Waals surface area contributed by atoms with E-state index in [1.54, 1.807) is 0 Å². The summed E-state index contributed by atoms with van der Waals surface area (Å²) in [4.78, 5) is 14.9. The normalized spacial score (nSPS) is 12.7. The van der Waals surface area contributed by atoms with Gasteiger partial charge in [-0.15, -0.1) is 0 Å². The van der Waals surface area contributed by atoms with Crippen molar-refractivity contribution < 1.29 is 0 Å². The van der Waals surface area contributed by atoms with E-state index in [0.29, 0.717) is 17.5 Å². The minimum Gasteiger partial charge on any atom is -0.309 e. The molecule has 0 saturated carbocycles. The summed E-state index contributed by atoms with van der Waals surface area (Å²) in [6.45, 7) is 0. The Hall–Kier alpha value is -8.15. The summed E-state index contributed by atoms with van der Waals surface area (Å²) in [5.41, 5.74) is 14.7. The lowest BCUT2D eigenvalue weighted by Gasteiger charge is -2.12. The van der Waals surface area contributed by atoms with E-state index in [2.05, 4.69) is 203 Å². The maximum Gasteiger partial charge on any atom is 0.164 e. The second-order valence-electron chi connectivity index (χ2n) is 15.9. The highest BCUT2D eigenvalue weighted by Gasteiger charge is 2.19. The molecule has 62 heavy (non-hydrogen) atoms. The van der Waals surface area contributed by atoms with E-state index in [4.69, 9.17) is 15.0 Å². The van der Waals surface area contributed by atoms with Crippen LogP contribution >= 0.6 is 0 Å². The molecule has 11 aromatic rings. The van der Waals surface area contributed by atoms with Crippen LogP contribution in [0.3, 0.4) is 0 Å². The van der Waals surface area contributed by atoms with Gasteiger partial charge >= 0.3 is 0 Å². The molecule has 1 aliphatic carbocycles. The molecule has 0 amide bonds. The van der Waals surface area contributed by atoms with Crippen molar-refractivity contribution in [3.63, 3.8) is 0 Å². The largest absolute Gasteiger partial charge is 0.309 e. The molecular formula is C57H39N5. The molecule has 0 atom stereocenters. The zero-order valence-corrected chi connectivity index (χ0v) is 33.9. The van der Waals surface area contributed by atoms with Crippen molar-refractivity contribution in [2.75, 3.05) is 0 Å². The first-order chi connectivity index (χ1) is 30.7. The van der Waals surface area contributed by atoms with Gasteiger partial charge in [0.2, 0.25) is 0 Å². The Morgan fingerprint density at radius 2 is 0.903 bits per heavy atom. The molecule has 292 valence electrons. The fourth-order valence-corrected chi connectivity index (χ4v) is 9.27. The smallest absolute Gasteiger partial charge is 0.164 e. The Morgan fingerprint density at radius 1 is 0.355 bits per heavy atom. The fourth-order valence-electron chi connectivity index (χ4n) is 9.27. The third-order valence-corrected chi connectivity index (χ3v) is 12.2. The number of rotatable bonds is 7. The summed E-state index contributed by atoms with van der Waals surface area (Å²) in [6.07, 6.45) is 8.55. The van der Waals surface area contributed by atoms with Crippen molar-refractivity contribution in [2.45, 2.75) is 12.8 Å². The Morgan fingerprint density at radius 3 is 1.65 bits per heavy atom. The van der Waals surface area contributed by atoms with Crippen LogP contribution in [0.25, 0.3) is 106 Å². The molecule has 3 heterocycles. The monoisotopic (exact) mass is 793 g/mol. The Bertz CT molecular complexity index is 3540. The van der Waals surface area contributed by atoms with E-state index in [9.17, 15) is 0 Å². The van der Waals surface area contributed by atoms with Crippen LogP contribution in [0.5, 0.6) is 0 Å². The third-order valence-electron chi connectivity index (χ3n) is 12.2. The molecule has 5 heteroatoms. The number of allylic oxidation sites excluding steroid dienone is 4. The van der Waals surface area contributed by atoms with Crippen LogP contribution in [0.15, 0.2) is 212 Å². The van der Waals surface area contributed by atoms with Crippen molar-refractivity contribution in [1.82, 2.24) is 24.1 Å². The molecule has 0 aliphatic heterocycles. The average Bonchev–Trinajstić information content (AvgIpc) is 3.87. The summed E-state index contributed by atoms with van der Waals surface area (Å²) >= 11 is 0. The van der Waals surface area contributed by atoms with Crippen molar-refractivity contribution in [3.8, 4) is 56.4 Å². The van der Waals surface area contributed by atoms with Gasteiger partial charge in [0.05, 0.1) is 22.1 Å². The van der Waals surface area contributed by atoms with Gasteiger partial charge in [0.15, 0.2) is 17.5 Å². The van der Waals surface area contributed by atoms with Gasteiger partial charge in [-0.05, 0) is 83.6 Å². The van der Waals surface area contributed by atoms with Crippen molar-refractivity contribution >= 4 is 49.2 Å². The Labute approximate surface area is 359 Å². The lowest BCUT2D eigenvalue weighted by atomic mass is 9.98. The molecule has 0 N–H and O–H groups in total. The highest BCUT2D eigenvalue weighted by molar-refractivity contribution is 6.16. The first-order valence-electron chi connectivity index (χ1n) is 21.3. The maximum atomic E-state index is 5.00. The van der Waals surface area contributed by atoms with Gasteiger partial charge in [0.1, 0.15) is 0 Å². The molecule has 5 nitrogen and oxygen atoms in total. The predicted molar refractivity (Wildman–Crippen MR) is 257 cm³/mol. The lowest BCUT2D eigenvalue weighted by molar-refractivity contribution is 1.01. The minimum atomic E-state index is 0.664. The van der Waals surface area contributed by atoms with Crippen LogP contribution in [0, 0.1) is 0 Å². The number of aromatic nitrogens is 5. The Balaban J connectivity index is 0.923. The second-order valence-corrected chi connectivity index (χ2v) is 15.9. The van der Waals surface area contributed by atoms with Crippen LogP contribution in [-0.4, -0.2) is 24.1 Å². The number of benzene rings is 8. The van der Waals surface area contributed by atoms with Gasteiger partial charge in [0.25, 0.3) is 0 Å². The van der Waals surface area contributed by atoms with Crippen LogP contribution in [-0.2, 0) is 0 Å². The highest BCUT2D eigenvalue weighted by Crippen LogP contribution is 2.40. The quantitative estimate of drug-likeness (QED) is 0.161. The number of nitrogens with zero attached hydrogens (tertiary/aromatic N) is 5.